The topological polar surface area (TPSA) is 79.6 Å². The summed E-state index contributed by atoms with van der Waals surface area (Å²) < 4.78 is 15.2. The monoisotopic (exact) mass is 518 g/mol. The molecule has 6 nitrogen and oxygen atoms in total. The number of carboxylic acids is 1. The molecule has 1 aromatic heterocycles. The number of nitrogens with zero attached hydrogens (tertiary/aromatic N) is 2. The van der Waals surface area contributed by atoms with E-state index in [0.29, 0.717) is 16.8 Å². The number of imide groups is 1. The maximum atomic E-state index is 13.3. The van der Waals surface area contributed by atoms with Gasteiger partial charge in [0.1, 0.15) is 5.82 Å². The number of halogens is 3. The summed E-state index contributed by atoms with van der Waals surface area (Å²) in [5, 5.41) is 9.20. The van der Waals surface area contributed by atoms with Gasteiger partial charge in [-0.3, -0.25) is 14.5 Å². The molecule has 1 fully saturated rings. The lowest BCUT2D eigenvalue weighted by atomic mass is 10.2. The molecule has 2 heterocycles. The summed E-state index contributed by atoms with van der Waals surface area (Å²) in [6.07, 6.45) is 1.63. The lowest BCUT2D eigenvalue weighted by Gasteiger charge is -2.13. The average Bonchev–Trinajstić information content (AvgIpc) is 3.19. The number of carboxylic acid groups (broad SMARTS) is 1. The largest absolute Gasteiger partial charge is 0.478 e. The van der Waals surface area contributed by atoms with Crippen molar-refractivity contribution in [3.63, 3.8) is 0 Å². The predicted molar refractivity (Wildman–Crippen MR) is 130 cm³/mol. The molecule has 0 saturated carbocycles. The number of carbonyl (C=O) groups excluding carboxylic acids is 2. The van der Waals surface area contributed by atoms with E-state index in [1.165, 1.54) is 24.3 Å². The molecule has 0 bridgehead atoms. The molecule has 1 N–H and O–H groups in total. The van der Waals surface area contributed by atoms with Crippen molar-refractivity contribution >= 4 is 58.2 Å². The molecule has 0 aliphatic carbocycles. The van der Waals surface area contributed by atoms with Crippen LogP contribution in [0.2, 0.25) is 10.0 Å². The molecule has 0 unspecified atom stereocenters. The van der Waals surface area contributed by atoms with Crippen molar-refractivity contribution < 1.29 is 23.9 Å². The molecule has 1 aliphatic heterocycles. The van der Waals surface area contributed by atoms with Gasteiger partial charge in [0.05, 0.1) is 22.0 Å². The molecule has 1 aliphatic rings. The van der Waals surface area contributed by atoms with Gasteiger partial charge < -0.3 is 9.67 Å². The Morgan fingerprint density at radius 3 is 2.50 bits per heavy atom. The van der Waals surface area contributed by atoms with Gasteiger partial charge in [0, 0.05) is 22.1 Å². The third kappa shape index (κ3) is 4.49. The van der Waals surface area contributed by atoms with Crippen LogP contribution in [0.5, 0.6) is 0 Å². The lowest BCUT2D eigenvalue weighted by Crippen LogP contribution is -2.27. The molecule has 1 saturated heterocycles. The fourth-order valence-electron chi connectivity index (χ4n) is 3.75. The van der Waals surface area contributed by atoms with Crippen LogP contribution in [0.1, 0.15) is 32.9 Å². The first-order chi connectivity index (χ1) is 16.1. The SMILES string of the molecule is Cc1cc(/C=C2\SC(=O)N(Cc3ccc(F)cc3Cl)C2=O)c(C)n1-c1ccc(Cl)c(C(=O)O)c1. The molecule has 2 aromatic carbocycles. The first-order valence-electron chi connectivity index (χ1n) is 9.98. The van der Waals surface area contributed by atoms with Gasteiger partial charge in [0.2, 0.25) is 0 Å². The Labute approximate surface area is 208 Å². The molecule has 0 radical (unpaired) electrons. The van der Waals surface area contributed by atoms with Gasteiger partial charge in [-0.1, -0.05) is 29.3 Å². The third-order valence-corrected chi connectivity index (χ3v) is 7.00. The number of aryl methyl sites for hydroxylation is 1. The maximum absolute atomic E-state index is 13.3. The Hall–Kier alpha value is -3.07. The highest BCUT2D eigenvalue weighted by atomic mass is 35.5. The number of hydrogen-bond donors (Lipinski definition) is 1. The zero-order valence-electron chi connectivity index (χ0n) is 17.9. The number of carbonyl (C=O) groups is 3. The van der Waals surface area contributed by atoms with Crippen molar-refractivity contribution in [2.45, 2.75) is 20.4 Å². The first kappa shape index (κ1) is 24.1. The number of hydrogen-bond acceptors (Lipinski definition) is 4. The van der Waals surface area contributed by atoms with Gasteiger partial charge in [-0.05, 0) is 79.2 Å². The molecule has 34 heavy (non-hydrogen) atoms. The van der Waals surface area contributed by atoms with Crippen LogP contribution in [0, 0.1) is 19.7 Å². The molecular formula is C24H17Cl2FN2O4S. The summed E-state index contributed by atoms with van der Waals surface area (Å²) in [6.45, 7) is 3.61. The summed E-state index contributed by atoms with van der Waals surface area (Å²) in [5.41, 5.74) is 3.31. The standard InChI is InChI=1S/C24H17Cl2FN2O4S/c1-12-7-15(13(2)29(12)17-5-6-19(25)18(10-17)23(31)32)8-21-22(30)28(24(33)34-21)11-14-3-4-16(27)9-20(14)26/h3-10H,11H2,1-2H3,(H,31,32)/b21-8-. The van der Waals surface area contributed by atoms with Crippen LogP contribution in [-0.2, 0) is 11.3 Å². The summed E-state index contributed by atoms with van der Waals surface area (Å²) in [5.74, 6) is -2.11. The van der Waals surface area contributed by atoms with E-state index < -0.39 is 22.9 Å². The first-order valence-corrected chi connectivity index (χ1v) is 11.6. The van der Waals surface area contributed by atoms with Gasteiger partial charge in [-0.15, -0.1) is 0 Å². The minimum absolute atomic E-state index is 0.0196. The van der Waals surface area contributed by atoms with E-state index in [0.717, 1.165) is 34.1 Å². The third-order valence-electron chi connectivity index (χ3n) is 5.41. The second-order valence-corrected chi connectivity index (χ2v) is 9.44. The molecule has 174 valence electrons. The van der Waals surface area contributed by atoms with Crippen molar-refractivity contribution in [2.24, 2.45) is 0 Å². The smallest absolute Gasteiger partial charge is 0.337 e. The maximum Gasteiger partial charge on any atom is 0.337 e. The number of amides is 2. The van der Waals surface area contributed by atoms with Gasteiger partial charge in [0.25, 0.3) is 11.1 Å². The quantitative estimate of drug-likeness (QED) is 0.391. The molecule has 0 spiro atoms. The highest BCUT2D eigenvalue weighted by Crippen LogP contribution is 2.35. The molecule has 0 atom stereocenters. The normalized spacial score (nSPS) is 15.0. The summed E-state index contributed by atoms with van der Waals surface area (Å²) in [7, 11) is 0. The van der Waals surface area contributed by atoms with Crippen molar-refractivity contribution in [3.05, 3.63) is 91.3 Å². The van der Waals surface area contributed by atoms with Crippen LogP contribution in [0.4, 0.5) is 9.18 Å². The van der Waals surface area contributed by atoms with E-state index in [1.54, 1.807) is 12.1 Å². The Morgan fingerprint density at radius 1 is 1.09 bits per heavy atom. The van der Waals surface area contributed by atoms with E-state index in [9.17, 15) is 23.9 Å². The van der Waals surface area contributed by atoms with Crippen molar-refractivity contribution in [2.75, 3.05) is 0 Å². The molecule has 2 amide bonds. The minimum atomic E-state index is -1.13. The number of aromatic carboxylic acids is 1. The summed E-state index contributed by atoms with van der Waals surface area (Å²) in [4.78, 5) is 38.2. The Balaban J connectivity index is 1.65. The van der Waals surface area contributed by atoms with Crippen LogP contribution in [0.15, 0.2) is 47.4 Å². The van der Waals surface area contributed by atoms with Crippen molar-refractivity contribution in [1.29, 1.82) is 0 Å². The molecular weight excluding hydrogens is 502 g/mol. The van der Waals surface area contributed by atoms with Gasteiger partial charge in [-0.2, -0.15) is 0 Å². The second-order valence-electron chi connectivity index (χ2n) is 7.63. The van der Waals surface area contributed by atoms with E-state index in [4.69, 9.17) is 23.2 Å². The highest BCUT2D eigenvalue weighted by Gasteiger charge is 2.35. The van der Waals surface area contributed by atoms with E-state index >= 15 is 0 Å². The predicted octanol–water partition coefficient (Wildman–Crippen LogP) is 6.47. The number of benzene rings is 2. The fraction of sp³-hybridized carbons (Fsp3) is 0.125. The highest BCUT2D eigenvalue weighted by molar-refractivity contribution is 8.18. The second kappa shape index (κ2) is 9.29. The Bertz CT molecular complexity index is 1400. The zero-order valence-corrected chi connectivity index (χ0v) is 20.3. The number of aromatic nitrogens is 1. The van der Waals surface area contributed by atoms with Crippen molar-refractivity contribution in [3.8, 4) is 5.69 Å². The lowest BCUT2D eigenvalue weighted by molar-refractivity contribution is -0.123. The Kier molecular flexibility index (Phi) is 6.58. The van der Waals surface area contributed by atoms with E-state index in [-0.39, 0.29) is 27.1 Å². The fourth-order valence-corrected chi connectivity index (χ4v) is 5.00. The Morgan fingerprint density at radius 2 is 1.82 bits per heavy atom. The van der Waals surface area contributed by atoms with E-state index in [2.05, 4.69) is 0 Å². The van der Waals surface area contributed by atoms with Crippen LogP contribution in [0.25, 0.3) is 11.8 Å². The molecule has 4 rings (SSSR count). The summed E-state index contributed by atoms with van der Waals surface area (Å²) >= 11 is 12.9. The van der Waals surface area contributed by atoms with Gasteiger partial charge in [-0.25, -0.2) is 9.18 Å². The number of rotatable bonds is 5. The molecule has 10 heteroatoms. The van der Waals surface area contributed by atoms with Crippen LogP contribution < -0.4 is 0 Å². The molecule has 3 aromatic rings. The minimum Gasteiger partial charge on any atom is -0.478 e. The summed E-state index contributed by atoms with van der Waals surface area (Å²) in [6, 6.07) is 10.3. The van der Waals surface area contributed by atoms with E-state index in [1.807, 2.05) is 24.5 Å². The van der Waals surface area contributed by atoms with Crippen LogP contribution in [-0.4, -0.2) is 31.7 Å². The van der Waals surface area contributed by atoms with Crippen LogP contribution in [0.3, 0.4) is 0 Å². The van der Waals surface area contributed by atoms with Crippen LogP contribution >= 0.6 is 35.0 Å². The average molecular weight is 519 g/mol. The number of thioether (sulfide) groups is 1. The van der Waals surface area contributed by atoms with Gasteiger partial charge >= 0.3 is 5.97 Å². The van der Waals surface area contributed by atoms with Gasteiger partial charge in [0.15, 0.2) is 0 Å². The zero-order chi connectivity index (χ0) is 24.7. The van der Waals surface area contributed by atoms with Crippen molar-refractivity contribution in [1.82, 2.24) is 9.47 Å².